The molecule has 21 heavy (non-hydrogen) atoms. The van der Waals surface area contributed by atoms with Gasteiger partial charge in [0.25, 0.3) is 0 Å². The van der Waals surface area contributed by atoms with Gasteiger partial charge in [0.2, 0.25) is 6.10 Å². The maximum atomic E-state index is 11.3. The van der Waals surface area contributed by atoms with Gasteiger partial charge in [-0.05, 0) is 11.5 Å². The highest BCUT2D eigenvalue weighted by Gasteiger charge is 2.25. The molecule has 0 bridgehead atoms. The third-order valence-electron chi connectivity index (χ3n) is 2.98. The number of carbonyl (C=O) groups is 2. The number of aliphatic hydroxyl groups excluding tert-OH is 1. The monoisotopic (exact) mass is 299 g/mol. The molecule has 2 atom stereocenters. The summed E-state index contributed by atoms with van der Waals surface area (Å²) in [6.45, 7) is 3.77. The Morgan fingerprint density at radius 3 is 2.67 bits per heavy atom. The predicted molar refractivity (Wildman–Crippen MR) is 74.7 cm³/mol. The number of rotatable bonds is 7. The van der Waals surface area contributed by atoms with Crippen LogP contribution in [0.4, 0.5) is 0 Å². The molecule has 0 aliphatic heterocycles. The Hall–Kier alpha value is -1.89. The van der Waals surface area contributed by atoms with Crippen molar-refractivity contribution in [3.8, 4) is 0 Å². The van der Waals surface area contributed by atoms with Crippen LogP contribution < -0.4 is 0 Å². The van der Waals surface area contributed by atoms with E-state index in [0.29, 0.717) is 17.7 Å². The summed E-state index contributed by atoms with van der Waals surface area (Å²) in [6.07, 6.45) is 0.190. The summed E-state index contributed by atoms with van der Waals surface area (Å²) in [6, 6.07) is 0. The minimum atomic E-state index is -1.09. The molecule has 0 radical (unpaired) electrons. The van der Waals surface area contributed by atoms with Gasteiger partial charge >= 0.3 is 11.9 Å². The molecule has 0 heterocycles. The van der Waals surface area contributed by atoms with Crippen LogP contribution in [0, 0.1) is 5.92 Å². The lowest BCUT2D eigenvalue weighted by molar-refractivity contribution is -0.151. The number of methoxy groups -OCH3 is 1. The Balaban J connectivity index is 2.75. The van der Waals surface area contributed by atoms with Crippen LogP contribution in [0.25, 0.3) is 0 Å². The van der Waals surface area contributed by atoms with Gasteiger partial charge in [-0.1, -0.05) is 25.1 Å². The predicted octanol–water partition coefficient (Wildman–Crippen LogP) is 1.11. The number of carboxylic acids is 1. The molecule has 0 spiro atoms. The summed E-state index contributed by atoms with van der Waals surface area (Å²) < 4.78 is 4.56. The van der Waals surface area contributed by atoms with Gasteiger partial charge in [0.05, 0.1) is 25.3 Å². The van der Waals surface area contributed by atoms with E-state index in [1.54, 1.807) is 0 Å². The van der Waals surface area contributed by atoms with E-state index in [0.717, 1.165) is 0 Å². The summed E-state index contributed by atoms with van der Waals surface area (Å²) in [5, 5.41) is 22.5. The number of aliphatic hydroxyl groups is 1. The molecule has 0 aromatic carbocycles. The van der Waals surface area contributed by atoms with E-state index in [2.05, 4.69) is 9.89 Å². The molecule has 0 unspecified atom stereocenters. The number of ether oxygens (including phenoxy) is 1. The molecule has 2 N–H and O–H groups in total. The van der Waals surface area contributed by atoms with Crippen LogP contribution in [0.5, 0.6) is 0 Å². The molecule has 7 heteroatoms. The summed E-state index contributed by atoms with van der Waals surface area (Å²) in [5.74, 6) is -1.41. The highest BCUT2D eigenvalue weighted by Crippen LogP contribution is 2.21. The van der Waals surface area contributed by atoms with E-state index >= 15 is 0 Å². The average molecular weight is 299 g/mol. The van der Waals surface area contributed by atoms with Crippen LogP contribution in [0.15, 0.2) is 16.8 Å². The first-order valence-electron chi connectivity index (χ1n) is 6.75. The lowest BCUT2D eigenvalue weighted by Gasteiger charge is -2.13. The number of aliphatic carboxylic acids is 1. The maximum absolute atomic E-state index is 11.3. The fourth-order valence-corrected chi connectivity index (χ4v) is 1.95. The number of oxime groups is 1. The first kappa shape index (κ1) is 17.2. The SMILES string of the molecule is COC(=O)CC1=C[C@H](O)C/C1=N/O[C@H](CC(C)C)C(=O)O. The lowest BCUT2D eigenvalue weighted by atomic mass is 10.1. The van der Waals surface area contributed by atoms with Gasteiger partial charge in [-0.3, -0.25) is 4.79 Å². The maximum Gasteiger partial charge on any atom is 0.347 e. The largest absolute Gasteiger partial charge is 0.478 e. The van der Waals surface area contributed by atoms with Gasteiger partial charge in [0.15, 0.2) is 0 Å². The molecule has 0 fully saturated rings. The van der Waals surface area contributed by atoms with Gasteiger partial charge in [-0.25, -0.2) is 4.79 Å². The topological polar surface area (TPSA) is 105 Å². The third kappa shape index (κ3) is 5.55. The molecule has 1 aliphatic rings. The fourth-order valence-electron chi connectivity index (χ4n) is 1.95. The molecule has 7 nitrogen and oxygen atoms in total. The zero-order valence-electron chi connectivity index (χ0n) is 12.4. The highest BCUT2D eigenvalue weighted by atomic mass is 16.6. The number of carbonyl (C=O) groups excluding carboxylic acids is 1. The molecule has 0 amide bonds. The van der Waals surface area contributed by atoms with Crippen LogP contribution in [0.2, 0.25) is 0 Å². The summed E-state index contributed by atoms with van der Waals surface area (Å²) in [7, 11) is 1.27. The molecular weight excluding hydrogens is 278 g/mol. The van der Waals surface area contributed by atoms with E-state index in [1.165, 1.54) is 13.2 Å². The third-order valence-corrected chi connectivity index (χ3v) is 2.98. The van der Waals surface area contributed by atoms with Crippen molar-refractivity contribution in [1.29, 1.82) is 0 Å². The number of nitrogens with zero attached hydrogens (tertiary/aromatic N) is 1. The first-order chi connectivity index (χ1) is 9.83. The molecule has 0 saturated carbocycles. The fraction of sp³-hybridized carbons (Fsp3) is 0.643. The van der Waals surface area contributed by atoms with Crippen molar-refractivity contribution in [1.82, 2.24) is 0 Å². The average Bonchev–Trinajstić information content (AvgIpc) is 2.73. The zero-order valence-corrected chi connectivity index (χ0v) is 12.4. The summed E-state index contributed by atoms with van der Waals surface area (Å²) >= 11 is 0. The van der Waals surface area contributed by atoms with Crippen molar-refractivity contribution in [3.63, 3.8) is 0 Å². The lowest BCUT2D eigenvalue weighted by Crippen LogP contribution is -2.24. The molecule has 0 aromatic heterocycles. The standard InChI is InChI=1S/C14H21NO6/c1-8(2)4-12(14(18)19)21-15-11-7-10(16)5-9(11)6-13(17)20-3/h5,8,10,12,16H,4,6-7H2,1-3H3,(H,18,19)/b15-11-/t10-,12+/m0/s1. The van der Waals surface area contributed by atoms with E-state index < -0.39 is 24.1 Å². The Bertz CT molecular complexity index is 454. The van der Waals surface area contributed by atoms with Crippen LogP contribution in [0.3, 0.4) is 0 Å². The van der Waals surface area contributed by atoms with Crippen LogP contribution in [0.1, 0.15) is 33.1 Å². The smallest absolute Gasteiger partial charge is 0.347 e. The van der Waals surface area contributed by atoms with E-state index in [-0.39, 0.29) is 18.8 Å². The zero-order chi connectivity index (χ0) is 16.0. The van der Waals surface area contributed by atoms with Gasteiger partial charge in [0, 0.05) is 12.8 Å². The van der Waals surface area contributed by atoms with Crippen molar-refractivity contribution < 1.29 is 29.4 Å². The second-order valence-corrected chi connectivity index (χ2v) is 5.32. The summed E-state index contributed by atoms with van der Waals surface area (Å²) in [5.41, 5.74) is 0.881. The Kier molecular flexibility index (Phi) is 6.36. The molecule has 0 aromatic rings. The van der Waals surface area contributed by atoms with Gasteiger partial charge in [-0.15, -0.1) is 0 Å². The van der Waals surface area contributed by atoms with E-state index in [4.69, 9.17) is 9.94 Å². The molecule has 1 aliphatic carbocycles. The number of hydrogen-bond donors (Lipinski definition) is 2. The van der Waals surface area contributed by atoms with Crippen molar-refractivity contribution >= 4 is 17.7 Å². The van der Waals surface area contributed by atoms with E-state index in [9.17, 15) is 14.7 Å². The van der Waals surface area contributed by atoms with Crippen molar-refractivity contribution in [2.75, 3.05) is 7.11 Å². The van der Waals surface area contributed by atoms with Crippen LogP contribution in [-0.2, 0) is 19.2 Å². The second kappa shape index (κ2) is 7.78. The molecule has 0 saturated heterocycles. The first-order valence-corrected chi connectivity index (χ1v) is 6.75. The van der Waals surface area contributed by atoms with Crippen molar-refractivity contribution in [3.05, 3.63) is 11.6 Å². The van der Waals surface area contributed by atoms with Crippen LogP contribution >= 0.6 is 0 Å². The summed E-state index contributed by atoms with van der Waals surface area (Å²) in [4.78, 5) is 27.4. The minimum absolute atomic E-state index is 0.0301. The number of esters is 1. The minimum Gasteiger partial charge on any atom is -0.478 e. The molecule has 1 rings (SSSR count). The number of hydrogen-bond acceptors (Lipinski definition) is 6. The van der Waals surface area contributed by atoms with Gasteiger partial charge in [0.1, 0.15) is 0 Å². The van der Waals surface area contributed by atoms with Crippen LogP contribution in [-0.4, -0.2) is 47.2 Å². The highest BCUT2D eigenvalue weighted by molar-refractivity contribution is 6.05. The second-order valence-electron chi connectivity index (χ2n) is 5.32. The van der Waals surface area contributed by atoms with E-state index in [1.807, 2.05) is 13.8 Å². The van der Waals surface area contributed by atoms with Gasteiger partial charge < -0.3 is 19.8 Å². The Morgan fingerprint density at radius 1 is 1.48 bits per heavy atom. The normalized spacial score (nSPS) is 21.3. The number of carboxylic acid groups (broad SMARTS) is 1. The molecular formula is C14H21NO6. The van der Waals surface area contributed by atoms with Crippen molar-refractivity contribution in [2.24, 2.45) is 11.1 Å². The molecule has 118 valence electrons. The Morgan fingerprint density at radius 2 is 2.14 bits per heavy atom. The quantitative estimate of drug-likeness (QED) is 0.539. The van der Waals surface area contributed by atoms with Gasteiger partial charge in [-0.2, -0.15) is 0 Å². The van der Waals surface area contributed by atoms with Crippen molar-refractivity contribution in [2.45, 2.75) is 45.3 Å². The Labute approximate surface area is 123 Å².